The van der Waals surface area contributed by atoms with E-state index in [1.807, 2.05) is 25.1 Å². The van der Waals surface area contributed by atoms with Crippen LogP contribution in [-0.4, -0.2) is 0 Å². The van der Waals surface area contributed by atoms with Crippen LogP contribution in [0.1, 0.15) is 12.5 Å². The number of hydrogen-bond donors (Lipinski definition) is 0. The molecular formula is C10H11. The first kappa shape index (κ1) is 7.07. The average molecular weight is 131 g/mol. The molecule has 0 bridgehead atoms. The third kappa shape index (κ3) is 2.06. The van der Waals surface area contributed by atoms with E-state index >= 15 is 0 Å². The van der Waals surface area contributed by atoms with Gasteiger partial charge in [-0.1, -0.05) is 42.0 Å². The molecule has 0 amide bonds. The lowest BCUT2D eigenvalue weighted by molar-refractivity contribution is 1.55. The van der Waals surface area contributed by atoms with Crippen molar-refractivity contribution in [2.75, 3.05) is 0 Å². The van der Waals surface area contributed by atoms with Crippen molar-refractivity contribution < 1.29 is 0 Å². The van der Waals surface area contributed by atoms with Crippen LogP contribution in [0.15, 0.2) is 35.9 Å². The van der Waals surface area contributed by atoms with E-state index in [4.69, 9.17) is 0 Å². The summed E-state index contributed by atoms with van der Waals surface area (Å²) < 4.78 is 0. The summed E-state index contributed by atoms with van der Waals surface area (Å²) in [4.78, 5) is 0. The molecule has 0 unspecified atom stereocenters. The van der Waals surface area contributed by atoms with Gasteiger partial charge in [0.1, 0.15) is 0 Å². The van der Waals surface area contributed by atoms with Crippen molar-refractivity contribution in [1.82, 2.24) is 0 Å². The minimum absolute atomic E-state index is 1.09. The van der Waals surface area contributed by atoms with Crippen LogP contribution in [0.2, 0.25) is 0 Å². The molecule has 0 atom stereocenters. The second-order valence-corrected chi connectivity index (χ2v) is 2.40. The summed E-state index contributed by atoms with van der Waals surface area (Å²) in [5.41, 5.74) is 2.31. The van der Waals surface area contributed by atoms with Crippen LogP contribution in [0, 0.1) is 6.92 Å². The van der Waals surface area contributed by atoms with Crippen molar-refractivity contribution in [2.24, 2.45) is 0 Å². The second kappa shape index (κ2) is 3.21. The molecule has 0 heterocycles. The number of rotatable bonds is 1. The van der Waals surface area contributed by atoms with E-state index in [0.717, 1.165) is 5.57 Å². The normalized spacial score (nSPS) is 11.6. The monoisotopic (exact) mass is 131 g/mol. The van der Waals surface area contributed by atoms with Gasteiger partial charge in [0.15, 0.2) is 0 Å². The topological polar surface area (TPSA) is 0 Å². The molecule has 1 rings (SSSR count). The Balaban J connectivity index is 2.87. The molecule has 1 radical (unpaired) electrons. The maximum atomic E-state index is 3.79. The van der Waals surface area contributed by atoms with Crippen LogP contribution in [-0.2, 0) is 0 Å². The highest BCUT2D eigenvalue weighted by Gasteiger charge is 1.82. The molecule has 0 saturated heterocycles. The molecule has 0 aromatic heterocycles. The highest BCUT2D eigenvalue weighted by Crippen LogP contribution is 2.03. The van der Waals surface area contributed by atoms with E-state index in [1.165, 1.54) is 5.56 Å². The number of hydrogen-bond acceptors (Lipinski definition) is 0. The predicted octanol–water partition coefficient (Wildman–Crippen LogP) is 2.92. The molecule has 0 saturated carbocycles. The average Bonchev–Trinajstić information content (AvgIpc) is 1.88. The molecule has 0 nitrogen and oxygen atoms in total. The Morgan fingerprint density at radius 2 is 1.90 bits per heavy atom. The van der Waals surface area contributed by atoms with Gasteiger partial charge in [0.2, 0.25) is 0 Å². The van der Waals surface area contributed by atoms with Gasteiger partial charge in [-0.25, -0.2) is 0 Å². The fourth-order valence-corrected chi connectivity index (χ4v) is 0.834. The molecule has 0 aliphatic heterocycles. The van der Waals surface area contributed by atoms with Gasteiger partial charge in [0, 0.05) is 0 Å². The first-order valence-electron chi connectivity index (χ1n) is 3.34. The third-order valence-electron chi connectivity index (χ3n) is 1.21. The minimum Gasteiger partial charge on any atom is -0.0724 e. The molecule has 0 aliphatic rings. The van der Waals surface area contributed by atoms with Gasteiger partial charge in [-0.2, -0.15) is 0 Å². The number of benzene rings is 1. The largest absolute Gasteiger partial charge is 0.0724 e. The summed E-state index contributed by atoms with van der Waals surface area (Å²) in [6.45, 7) is 5.79. The Bertz CT molecular complexity index is 215. The van der Waals surface area contributed by atoms with Crippen LogP contribution in [0.25, 0.3) is 6.08 Å². The third-order valence-corrected chi connectivity index (χ3v) is 1.21. The Hall–Kier alpha value is -1.04. The van der Waals surface area contributed by atoms with Gasteiger partial charge in [0.05, 0.1) is 0 Å². The first-order chi connectivity index (χ1) is 4.79. The standard InChI is InChI=1S/C10H11/c1-9(2)8-10-6-4-3-5-7-10/h3-8H,1H2,2H3/b9-8-. The molecule has 0 fully saturated rings. The van der Waals surface area contributed by atoms with Crippen LogP contribution in [0.3, 0.4) is 0 Å². The molecule has 0 aliphatic carbocycles. The second-order valence-electron chi connectivity index (χ2n) is 2.40. The van der Waals surface area contributed by atoms with Crippen molar-refractivity contribution in [2.45, 2.75) is 6.92 Å². The zero-order chi connectivity index (χ0) is 7.40. The lowest BCUT2D eigenvalue weighted by Crippen LogP contribution is -1.69. The van der Waals surface area contributed by atoms with Crippen molar-refractivity contribution in [3.05, 3.63) is 48.4 Å². The van der Waals surface area contributed by atoms with Gasteiger partial charge < -0.3 is 0 Å². The fourth-order valence-electron chi connectivity index (χ4n) is 0.834. The molecule has 1 aromatic carbocycles. The van der Waals surface area contributed by atoms with Crippen molar-refractivity contribution in [1.29, 1.82) is 0 Å². The first-order valence-corrected chi connectivity index (χ1v) is 3.34. The Kier molecular flexibility index (Phi) is 2.27. The van der Waals surface area contributed by atoms with Crippen LogP contribution < -0.4 is 0 Å². The van der Waals surface area contributed by atoms with Gasteiger partial charge in [-0.3, -0.25) is 0 Å². The van der Waals surface area contributed by atoms with E-state index < -0.39 is 0 Å². The fraction of sp³-hybridized carbons (Fsp3) is 0.100. The van der Waals surface area contributed by atoms with Crippen molar-refractivity contribution in [3.63, 3.8) is 0 Å². The van der Waals surface area contributed by atoms with E-state index in [9.17, 15) is 0 Å². The molecule has 0 heteroatoms. The summed E-state index contributed by atoms with van der Waals surface area (Å²) in [6, 6.07) is 10.2. The quantitative estimate of drug-likeness (QED) is 0.549. The highest BCUT2D eigenvalue weighted by molar-refractivity contribution is 5.52. The Morgan fingerprint density at radius 1 is 1.30 bits per heavy atom. The molecule has 1 aromatic rings. The summed E-state index contributed by atoms with van der Waals surface area (Å²) in [7, 11) is 0. The van der Waals surface area contributed by atoms with Crippen LogP contribution in [0.5, 0.6) is 0 Å². The predicted molar refractivity (Wildman–Crippen MR) is 45.5 cm³/mol. The Labute approximate surface area is 62.2 Å². The summed E-state index contributed by atoms with van der Waals surface area (Å²) in [5, 5.41) is 0. The van der Waals surface area contributed by atoms with Crippen molar-refractivity contribution in [3.8, 4) is 0 Å². The molecule has 51 valence electrons. The van der Waals surface area contributed by atoms with E-state index in [2.05, 4.69) is 25.1 Å². The van der Waals surface area contributed by atoms with Crippen LogP contribution in [0.4, 0.5) is 0 Å². The van der Waals surface area contributed by atoms with Gasteiger partial charge in [-0.15, -0.1) is 0 Å². The summed E-state index contributed by atoms with van der Waals surface area (Å²) in [6.07, 6.45) is 2.06. The lowest BCUT2D eigenvalue weighted by atomic mass is 10.2. The molecule has 10 heavy (non-hydrogen) atoms. The van der Waals surface area contributed by atoms with Gasteiger partial charge in [-0.05, 0) is 19.4 Å². The van der Waals surface area contributed by atoms with E-state index in [0.29, 0.717) is 0 Å². The Morgan fingerprint density at radius 3 is 2.40 bits per heavy atom. The molecule has 0 spiro atoms. The van der Waals surface area contributed by atoms with E-state index in [1.54, 1.807) is 0 Å². The van der Waals surface area contributed by atoms with E-state index in [-0.39, 0.29) is 0 Å². The maximum Gasteiger partial charge on any atom is -0.0257 e. The highest BCUT2D eigenvalue weighted by atomic mass is 13.9. The van der Waals surface area contributed by atoms with Gasteiger partial charge in [0.25, 0.3) is 0 Å². The lowest BCUT2D eigenvalue weighted by Gasteiger charge is -1.91. The zero-order valence-electron chi connectivity index (χ0n) is 6.17. The minimum atomic E-state index is 1.09. The maximum absolute atomic E-state index is 3.79. The number of allylic oxidation sites excluding steroid dienone is 1. The van der Waals surface area contributed by atoms with Gasteiger partial charge >= 0.3 is 0 Å². The smallest absolute Gasteiger partial charge is 0.0257 e. The molecule has 0 N–H and O–H groups in total. The summed E-state index contributed by atoms with van der Waals surface area (Å²) in [5.74, 6) is 0. The molecular weight excluding hydrogens is 120 g/mol. The SMILES string of the molecule is [CH2]/C(C)=C/c1ccccc1. The van der Waals surface area contributed by atoms with Crippen molar-refractivity contribution >= 4 is 6.08 Å². The zero-order valence-corrected chi connectivity index (χ0v) is 6.17. The summed E-state index contributed by atoms with van der Waals surface area (Å²) >= 11 is 0. The van der Waals surface area contributed by atoms with Crippen LogP contribution >= 0.6 is 0 Å².